The number of phenols is 1. The topological polar surface area (TPSA) is 52.9 Å². The second kappa shape index (κ2) is 5.35. The predicted octanol–water partition coefficient (Wildman–Crippen LogP) is 2.33. The summed E-state index contributed by atoms with van der Waals surface area (Å²) < 4.78 is 6.13. The number of aliphatic hydroxyl groups excluding tert-OH is 1. The monoisotopic (exact) mass is 391 g/mol. The average Bonchev–Trinajstić information content (AvgIpc) is 2.89. The maximum Gasteiger partial charge on any atom is 0.165 e. The summed E-state index contributed by atoms with van der Waals surface area (Å²) in [6.45, 7) is 5.76. The van der Waals surface area contributed by atoms with Gasteiger partial charge in [-0.2, -0.15) is 0 Å². The number of likely N-dealkylation sites (tertiary alicyclic amines) is 1. The summed E-state index contributed by atoms with van der Waals surface area (Å²) in [7, 11) is 0. The fourth-order valence-corrected chi connectivity index (χ4v) is 5.52. The first-order chi connectivity index (χ1) is 11.2. The standard InChI is InChI=1S/C19H21NO3.BrH/c1-2-8-20-9-7-19-12-4-6-15(22)18(19)23-17-14(21)5-3-11(16(17)19)10-13(12)20;/h2-6,12-13,15,18,21-22H,1,7-10H2;1H/t12-,13+,15-,18-,19-;/m0./s1. The number of hydrogen-bond donors (Lipinski definition) is 2. The van der Waals surface area contributed by atoms with Gasteiger partial charge in [-0.15, -0.1) is 23.6 Å². The van der Waals surface area contributed by atoms with Crippen LogP contribution >= 0.6 is 17.0 Å². The fourth-order valence-electron chi connectivity index (χ4n) is 5.52. The molecule has 1 aromatic rings. The van der Waals surface area contributed by atoms with E-state index >= 15 is 0 Å². The van der Waals surface area contributed by atoms with Crippen molar-refractivity contribution >= 4 is 17.0 Å². The van der Waals surface area contributed by atoms with Gasteiger partial charge in [-0.05, 0) is 31.0 Å². The maximum absolute atomic E-state index is 10.5. The van der Waals surface area contributed by atoms with Gasteiger partial charge in [-0.25, -0.2) is 0 Å². The van der Waals surface area contributed by atoms with Gasteiger partial charge in [0, 0.05) is 29.5 Å². The highest BCUT2D eigenvalue weighted by atomic mass is 79.9. The third-order valence-electron chi connectivity index (χ3n) is 6.35. The number of aromatic hydroxyl groups is 1. The molecular formula is C19H22BrNO3. The van der Waals surface area contributed by atoms with Gasteiger partial charge in [0.15, 0.2) is 11.5 Å². The van der Waals surface area contributed by atoms with Crippen LogP contribution in [0, 0.1) is 5.92 Å². The zero-order valence-electron chi connectivity index (χ0n) is 13.4. The Morgan fingerprint density at radius 3 is 3.00 bits per heavy atom. The summed E-state index contributed by atoms with van der Waals surface area (Å²) in [6.07, 6.45) is 7.04. The highest BCUT2D eigenvalue weighted by Gasteiger charge is 2.64. The minimum Gasteiger partial charge on any atom is -0.504 e. The van der Waals surface area contributed by atoms with Crippen molar-refractivity contribution in [3.05, 3.63) is 48.1 Å². The number of ether oxygens (including phenoxy) is 1. The van der Waals surface area contributed by atoms with Crippen LogP contribution in [-0.2, 0) is 11.8 Å². The molecule has 4 nitrogen and oxygen atoms in total. The van der Waals surface area contributed by atoms with E-state index < -0.39 is 6.10 Å². The molecule has 1 aromatic carbocycles. The molecule has 2 aliphatic carbocycles. The minimum absolute atomic E-state index is 0. The number of rotatable bonds is 2. The van der Waals surface area contributed by atoms with Crippen molar-refractivity contribution in [2.45, 2.75) is 36.5 Å². The van der Waals surface area contributed by atoms with Crippen molar-refractivity contribution in [1.29, 1.82) is 0 Å². The highest BCUT2D eigenvalue weighted by molar-refractivity contribution is 8.93. The molecule has 5 heteroatoms. The largest absolute Gasteiger partial charge is 0.504 e. The lowest BCUT2D eigenvalue weighted by Crippen LogP contribution is -2.65. The van der Waals surface area contributed by atoms with Crippen LogP contribution in [0.1, 0.15) is 17.5 Å². The van der Waals surface area contributed by atoms with Gasteiger partial charge >= 0.3 is 0 Å². The number of nitrogens with zero attached hydrogens (tertiary/aromatic N) is 1. The van der Waals surface area contributed by atoms with E-state index in [0.29, 0.717) is 17.7 Å². The Morgan fingerprint density at radius 2 is 2.21 bits per heavy atom. The van der Waals surface area contributed by atoms with Gasteiger partial charge in [0.2, 0.25) is 0 Å². The molecule has 0 radical (unpaired) electrons. The number of piperidine rings is 1. The van der Waals surface area contributed by atoms with Crippen molar-refractivity contribution in [3.8, 4) is 11.5 Å². The minimum atomic E-state index is -0.615. The third kappa shape index (κ3) is 1.75. The van der Waals surface area contributed by atoms with Crippen LogP contribution in [0.4, 0.5) is 0 Å². The quantitative estimate of drug-likeness (QED) is 0.759. The summed E-state index contributed by atoms with van der Waals surface area (Å²) in [5, 5.41) is 20.8. The number of phenolic OH excluding ortho intramolecular Hbond substituents is 1. The van der Waals surface area contributed by atoms with E-state index in [1.165, 1.54) is 5.56 Å². The van der Waals surface area contributed by atoms with E-state index in [-0.39, 0.29) is 34.2 Å². The van der Waals surface area contributed by atoms with Crippen LogP contribution in [0.2, 0.25) is 0 Å². The van der Waals surface area contributed by atoms with Crippen LogP contribution in [0.15, 0.2) is 36.9 Å². The first kappa shape index (κ1) is 16.2. The van der Waals surface area contributed by atoms with E-state index in [1.807, 2.05) is 18.2 Å². The lowest BCUT2D eigenvalue weighted by molar-refractivity contribution is -0.0488. The van der Waals surface area contributed by atoms with Gasteiger partial charge < -0.3 is 14.9 Å². The first-order valence-corrected chi connectivity index (χ1v) is 8.40. The van der Waals surface area contributed by atoms with Crippen molar-refractivity contribution < 1.29 is 14.9 Å². The summed E-state index contributed by atoms with van der Waals surface area (Å²) >= 11 is 0. The van der Waals surface area contributed by atoms with Crippen LogP contribution in [0.25, 0.3) is 0 Å². The number of benzene rings is 1. The molecule has 0 saturated carbocycles. The molecule has 1 fully saturated rings. The summed E-state index contributed by atoms with van der Waals surface area (Å²) in [6, 6.07) is 4.17. The normalized spacial score (nSPS) is 38.0. The number of halogens is 1. The molecule has 0 aromatic heterocycles. The van der Waals surface area contributed by atoms with Gasteiger partial charge in [0.25, 0.3) is 0 Å². The predicted molar refractivity (Wildman–Crippen MR) is 97.0 cm³/mol. The summed E-state index contributed by atoms with van der Waals surface area (Å²) in [5.41, 5.74) is 2.22. The Labute approximate surface area is 152 Å². The molecule has 24 heavy (non-hydrogen) atoms. The van der Waals surface area contributed by atoms with Gasteiger partial charge in [-0.3, -0.25) is 4.90 Å². The fraction of sp³-hybridized carbons (Fsp3) is 0.474. The van der Waals surface area contributed by atoms with Crippen molar-refractivity contribution in [2.24, 2.45) is 5.92 Å². The van der Waals surface area contributed by atoms with E-state index in [4.69, 9.17) is 4.74 Å². The Morgan fingerprint density at radius 1 is 1.38 bits per heavy atom. The number of aliphatic hydroxyl groups is 1. The Bertz CT molecular complexity index is 734. The lowest BCUT2D eigenvalue weighted by Gasteiger charge is -2.57. The smallest absolute Gasteiger partial charge is 0.165 e. The van der Waals surface area contributed by atoms with Gasteiger partial charge in [0.05, 0.1) is 0 Å². The van der Waals surface area contributed by atoms with E-state index in [2.05, 4.69) is 17.6 Å². The van der Waals surface area contributed by atoms with Gasteiger partial charge in [-0.1, -0.05) is 24.3 Å². The highest BCUT2D eigenvalue weighted by Crippen LogP contribution is 2.62. The maximum atomic E-state index is 10.5. The van der Waals surface area contributed by atoms with E-state index in [1.54, 1.807) is 6.07 Å². The molecular weight excluding hydrogens is 370 g/mol. The molecule has 2 N–H and O–H groups in total. The molecule has 0 amide bonds. The second-order valence-corrected chi connectivity index (χ2v) is 7.23. The lowest BCUT2D eigenvalue weighted by atomic mass is 9.53. The zero-order valence-corrected chi connectivity index (χ0v) is 15.1. The second-order valence-electron chi connectivity index (χ2n) is 7.23. The van der Waals surface area contributed by atoms with Crippen LogP contribution in [-0.4, -0.2) is 46.5 Å². The van der Waals surface area contributed by atoms with Crippen LogP contribution in [0.5, 0.6) is 11.5 Å². The van der Waals surface area contributed by atoms with E-state index in [0.717, 1.165) is 31.5 Å². The molecule has 5 rings (SSSR count). The molecule has 1 saturated heterocycles. The average molecular weight is 392 g/mol. The molecule has 2 aliphatic heterocycles. The van der Waals surface area contributed by atoms with E-state index in [9.17, 15) is 10.2 Å². The summed E-state index contributed by atoms with van der Waals surface area (Å²) in [5.74, 6) is 1.13. The van der Waals surface area contributed by atoms with Crippen LogP contribution < -0.4 is 4.74 Å². The Kier molecular flexibility index (Phi) is 3.61. The molecule has 0 unspecified atom stereocenters. The zero-order chi connectivity index (χ0) is 15.8. The van der Waals surface area contributed by atoms with Crippen molar-refractivity contribution in [3.63, 3.8) is 0 Å². The molecule has 2 heterocycles. The molecule has 1 spiro atoms. The molecule has 5 atom stereocenters. The Balaban J connectivity index is 0.00000146. The molecule has 4 aliphatic rings. The molecule has 2 bridgehead atoms. The van der Waals surface area contributed by atoms with Gasteiger partial charge in [0.1, 0.15) is 12.2 Å². The molecule has 128 valence electrons. The summed E-state index contributed by atoms with van der Waals surface area (Å²) in [4.78, 5) is 2.50. The third-order valence-corrected chi connectivity index (χ3v) is 6.35. The van der Waals surface area contributed by atoms with Crippen molar-refractivity contribution in [2.75, 3.05) is 13.1 Å². The van der Waals surface area contributed by atoms with Crippen molar-refractivity contribution in [1.82, 2.24) is 4.90 Å². The Hall–Kier alpha value is -1.30. The first-order valence-electron chi connectivity index (χ1n) is 8.40. The number of hydrogen-bond acceptors (Lipinski definition) is 4. The SMILES string of the molecule is Br.C=CCN1CC[C@]23c4c5ccc(O)c4O[C@H]2[C@@H](O)C=C[C@H]3[C@H]1C5. The van der Waals surface area contributed by atoms with Crippen LogP contribution in [0.3, 0.4) is 0 Å².